The molecule has 0 saturated carbocycles. The topological polar surface area (TPSA) is 41.0 Å². The highest BCUT2D eigenvalue weighted by Gasteiger charge is 2.20. The molecule has 17 heavy (non-hydrogen) atoms. The molecule has 0 atom stereocenters. The third-order valence-corrected chi connectivity index (χ3v) is 3.95. The van der Waals surface area contributed by atoms with Gasteiger partial charge in [-0.05, 0) is 37.8 Å². The van der Waals surface area contributed by atoms with E-state index in [2.05, 4.69) is 33.4 Å². The zero-order valence-electron chi connectivity index (χ0n) is 10.7. The zero-order chi connectivity index (χ0) is 12.1. The summed E-state index contributed by atoms with van der Waals surface area (Å²) in [7, 11) is 0. The van der Waals surface area contributed by atoms with Crippen molar-refractivity contribution in [1.82, 2.24) is 14.7 Å². The fraction of sp³-hybridized carbons (Fsp3) is 0.833. The first kappa shape index (κ1) is 12.8. The van der Waals surface area contributed by atoms with Crippen LogP contribution in [0.1, 0.15) is 26.7 Å². The van der Waals surface area contributed by atoms with Gasteiger partial charge < -0.3 is 10.2 Å². The van der Waals surface area contributed by atoms with Gasteiger partial charge in [-0.15, -0.1) is 0 Å². The van der Waals surface area contributed by atoms with E-state index >= 15 is 0 Å². The number of anilines is 1. The third-order valence-electron chi connectivity index (χ3n) is 3.22. The number of nitrogens with one attached hydrogen (secondary N) is 1. The summed E-state index contributed by atoms with van der Waals surface area (Å²) in [5.74, 6) is 1.58. The first-order chi connectivity index (χ1) is 8.25. The van der Waals surface area contributed by atoms with Crippen LogP contribution in [0.4, 0.5) is 5.13 Å². The smallest absolute Gasteiger partial charge is 0.204 e. The van der Waals surface area contributed by atoms with Gasteiger partial charge in [-0.3, -0.25) is 0 Å². The SMILES string of the molecule is CC(C)CNCC1CCN(c2ncns2)CC1. The minimum Gasteiger partial charge on any atom is -0.347 e. The van der Waals surface area contributed by atoms with Crippen molar-refractivity contribution in [2.45, 2.75) is 26.7 Å². The number of hydrogen-bond acceptors (Lipinski definition) is 5. The van der Waals surface area contributed by atoms with Gasteiger partial charge in [0.15, 0.2) is 0 Å². The first-order valence-electron chi connectivity index (χ1n) is 6.48. The molecule has 1 saturated heterocycles. The molecule has 1 fully saturated rings. The van der Waals surface area contributed by atoms with Crippen LogP contribution in [-0.2, 0) is 0 Å². The lowest BCUT2D eigenvalue weighted by molar-refractivity contribution is 0.374. The van der Waals surface area contributed by atoms with Crippen molar-refractivity contribution in [3.05, 3.63) is 6.33 Å². The van der Waals surface area contributed by atoms with Crippen LogP contribution in [0.25, 0.3) is 0 Å². The molecule has 0 bridgehead atoms. The molecule has 1 aliphatic rings. The fourth-order valence-corrected chi connectivity index (χ4v) is 2.79. The number of aromatic nitrogens is 2. The normalized spacial score (nSPS) is 17.9. The molecule has 2 heterocycles. The van der Waals surface area contributed by atoms with E-state index in [1.165, 1.54) is 30.9 Å². The van der Waals surface area contributed by atoms with Crippen LogP contribution in [0.3, 0.4) is 0 Å². The average Bonchev–Trinajstić information content (AvgIpc) is 2.83. The van der Waals surface area contributed by atoms with E-state index in [4.69, 9.17) is 0 Å². The van der Waals surface area contributed by atoms with E-state index < -0.39 is 0 Å². The molecule has 0 unspecified atom stereocenters. The highest BCUT2D eigenvalue weighted by molar-refractivity contribution is 7.09. The van der Waals surface area contributed by atoms with Crippen LogP contribution in [0.15, 0.2) is 6.33 Å². The van der Waals surface area contributed by atoms with Crippen LogP contribution >= 0.6 is 11.5 Å². The molecule has 0 radical (unpaired) electrons. The summed E-state index contributed by atoms with van der Waals surface area (Å²) < 4.78 is 4.06. The van der Waals surface area contributed by atoms with Gasteiger partial charge in [-0.25, -0.2) is 4.98 Å². The molecule has 1 aliphatic heterocycles. The Kier molecular flexibility index (Phi) is 4.74. The summed E-state index contributed by atoms with van der Waals surface area (Å²) in [4.78, 5) is 6.63. The summed E-state index contributed by atoms with van der Waals surface area (Å²) in [6.45, 7) is 9.07. The van der Waals surface area contributed by atoms with Crippen LogP contribution in [-0.4, -0.2) is 35.5 Å². The van der Waals surface area contributed by atoms with Crippen molar-refractivity contribution >= 4 is 16.7 Å². The van der Waals surface area contributed by atoms with Crippen molar-refractivity contribution in [1.29, 1.82) is 0 Å². The van der Waals surface area contributed by atoms with E-state index in [9.17, 15) is 0 Å². The Hall–Kier alpha value is -0.680. The monoisotopic (exact) mass is 254 g/mol. The maximum absolute atomic E-state index is 4.27. The Morgan fingerprint density at radius 3 is 2.82 bits per heavy atom. The predicted molar refractivity (Wildman–Crippen MR) is 72.6 cm³/mol. The van der Waals surface area contributed by atoms with Gasteiger partial charge in [-0.1, -0.05) is 13.8 Å². The largest absolute Gasteiger partial charge is 0.347 e. The van der Waals surface area contributed by atoms with E-state index in [0.29, 0.717) is 0 Å². The van der Waals surface area contributed by atoms with Crippen molar-refractivity contribution in [3.63, 3.8) is 0 Å². The van der Waals surface area contributed by atoms with Gasteiger partial charge in [0.1, 0.15) is 6.33 Å². The Morgan fingerprint density at radius 2 is 2.24 bits per heavy atom. The summed E-state index contributed by atoms with van der Waals surface area (Å²) >= 11 is 1.50. The molecular weight excluding hydrogens is 232 g/mol. The second-order valence-corrected chi connectivity index (χ2v) is 5.96. The molecule has 96 valence electrons. The fourth-order valence-electron chi connectivity index (χ4n) is 2.21. The number of hydrogen-bond donors (Lipinski definition) is 1. The van der Waals surface area contributed by atoms with Gasteiger partial charge in [-0.2, -0.15) is 4.37 Å². The molecule has 0 aromatic carbocycles. The van der Waals surface area contributed by atoms with E-state index in [1.807, 2.05) is 0 Å². The molecule has 0 aliphatic carbocycles. The van der Waals surface area contributed by atoms with E-state index in [-0.39, 0.29) is 0 Å². The zero-order valence-corrected chi connectivity index (χ0v) is 11.5. The standard InChI is InChI=1S/C12H22N4S/c1-10(2)7-13-8-11-3-5-16(6-4-11)12-14-9-15-17-12/h9-11,13H,3-8H2,1-2H3. The highest BCUT2D eigenvalue weighted by Crippen LogP contribution is 2.23. The molecule has 0 spiro atoms. The molecule has 2 rings (SSSR count). The molecule has 1 aromatic heterocycles. The highest BCUT2D eigenvalue weighted by atomic mass is 32.1. The molecule has 0 amide bonds. The Labute approximate surface area is 108 Å². The van der Waals surface area contributed by atoms with Gasteiger partial charge in [0.05, 0.1) is 0 Å². The summed E-state index contributed by atoms with van der Waals surface area (Å²) in [6, 6.07) is 0. The van der Waals surface area contributed by atoms with Crippen LogP contribution in [0, 0.1) is 11.8 Å². The summed E-state index contributed by atoms with van der Waals surface area (Å²) in [5, 5.41) is 4.64. The Bertz CT molecular complexity index is 304. The van der Waals surface area contributed by atoms with Gasteiger partial charge in [0.2, 0.25) is 5.13 Å². The van der Waals surface area contributed by atoms with E-state index in [0.717, 1.165) is 36.6 Å². The molecule has 5 heteroatoms. The van der Waals surface area contributed by atoms with E-state index in [1.54, 1.807) is 6.33 Å². The lowest BCUT2D eigenvalue weighted by Crippen LogP contribution is -2.37. The lowest BCUT2D eigenvalue weighted by Gasteiger charge is -2.31. The quantitative estimate of drug-likeness (QED) is 0.872. The molecule has 1 aromatic rings. The number of nitrogens with zero attached hydrogens (tertiary/aromatic N) is 3. The van der Waals surface area contributed by atoms with Crippen molar-refractivity contribution in [3.8, 4) is 0 Å². The molecule has 4 nitrogen and oxygen atoms in total. The second kappa shape index (κ2) is 6.31. The molecule has 1 N–H and O–H groups in total. The van der Waals surface area contributed by atoms with Crippen molar-refractivity contribution in [2.75, 3.05) is 31.1 Å². The van der Waals surface area contributed by atoms with Crippen molar-refractivity contribution < 1.29 is 0 Å². The minimum absolute atomic E-state index is 0.747. The van der Waals surface area contributed by atoms with Gasteiger partial charge >= 0.3 is 0 Å². The average molecular weight is 254 g/mol. The summed E-state index contributed by atoms with van der Waals surface area (Å²) in [6.07, 6.45) is 4.19. The van der Waals surface area contributed by atoms with Crippen molar-refractivity contribution in [2.24, 2.45) is 11.8 Å². The lowest BCUT2D eigenvalue weighted by atomic mass is 9.97. The van der Waals surface area contributed by atoms with Crippen LogP contribution < -0.4 is 10.2 Å². The minimum atomic E-state index is 0.747. The van der Waals surface area contributed by atoms with Gasteiger partial charge in [0.25, 0.3) is 0 Å². The maximum atomic E-state index is 4.27. The summed E-state index contributed by atoms with van der Waals surface area (Å²) in [5.41, 5.74) is 0. The molecular formula is C12H22N4S. The van der Waals surface area contributed by atoms with Gasteiger partial charge in [0, 0.05) is 24.6 Å². The maximum Gasteiger partial charge on any atom is 0.204 e. The Morgan fingerprint density at radius 1 is 1.47 bits per heavy atom. The first-order valence-corrected chi connectivity index (χ1v) is 7.25. The third kappa shape index (κ3) is 3.92. The predicted octanol–water partition coefficient (Wildman–Crippen LogP) is 2.00. The number of piperidine rings is 1. The van der Waals surface area contributed by atoms with Crippen LogP contribution in [0.5, 0.6) is 0 Å². The second-order valence-electron chi connectivity index (χ2n) is 5.21. The Balaban J connectivity index is 1.68. The number of rotatable bonds is 5. The van der Waals surface area contributed by atoms with Crippen LogP contribution in [0.2, 0.25) is 0 Å².